The van der Waals surface area contributed by atoms with Crippen LogP contribution in [0.3, 0.4) is 0 Å². The van der Waals surface area contributed by atoms with Crippen LogP contribution in [0, 0.1) is 0 Å². The van der Waals surface area contributed by atoms with Crippen molar-refractivity contribution in [1.29, 1.82) is 0 Å². The lowest BCUT2D eigenvalue weighted by Gasteiger charge is -2.26. The van der Waals surface area contributed by atoms with Crippen molar-refractivity contribution in [2.75, 3.05) is 18.6 Å². The lowest BCUT2D eigenvalue weighted by atomic mass is 9.95. The maximum Gasteiger partial charge on any atom is 0.300 e. The van der Waals surface area contributed by atoms with Crippen LogP contribution in [0.4, 0.5) is 5.69 Å². The second kappa shape index (κ2) is 9.38. The summed E-state index contributed by atoms with van der Waals surface area (Å²) >= 11 is 6.17. The molecule has 0 aromatic heterocycles. The number of nitrogens with zero attached hydrogens (tertiary/aromatic N) is 1. The van der Waals surface area contributed by atoms with Crippen molar-refractivity contribution < 1.29 is 24.2 Å². The van der Waals surface area contributed by atoms with E-state index in [1.165, 1.54) is 12.0 Å². The summed E-state index contributed by atoms with van der Waals surface area (Å²) in [5.74, 6) is -0.607. The number of aliphatic hydroxyl groups is 1. The van der Waals surface area contributed by atoms with Crippen molar-refractivity contribution in [3.05, 3.63) is 94.5 Å². The van der Waals surface area contributed by atoms with Gasteiger partial charge in [0.1, 0.15) is 17.3 Å². The van der Waals surface area contributed by atoms with Crippen molar-refractivity contribution >= 4 is 34.7 Å². The van der Waals surface area contributed by atoms with E-state index in [4.69, 9.17) is 21.1 Å². The summed E-state index contributed by atoms with van der Waals surface area (Å²) in [4.78, 5) is 27.8. The molecule has 1 amide bonds. The Bertz CT molecular complexity index is 1240. The number of hydrogen-bond acceptors (Lipinski definition) is 5. The Balaban J connectivity index is 1.92. The molecule has 1 saturated heterocycles. The molecule has 0 radical (unpaired) electrons. The second-order valence-corrected chi connectivity index (χ2v) is 7.82. The highest BCUT2D eigenvalue weighted by atomic mass is 35.5. The molecule has 4 rings (SSSR count). The van der Waals surface area contributed by atoms with Crippen LogP contribution >= 0.6 is 11.6 Å². The van der Waals surface area contributed by atoms with Gasteiger partial charge in [0.25, 0.3) is 11.7 Å². The smallest absolute Gasteiger partial charge is 0.300 e. The normalized spacial score (nSPS) is 17.3. The van der Waals surface area contributed by atoms with E-state index in [9.17, 15) is 14.7 Å². The molecule has 1 atom stereocenters. The first-order chi connectivity index (χ1) is 15.9. The van der Waals surface area contributed by atoms with Gasteiger partial charge in [-0.3, -0.25) is 14.5 Å². The number of methoxy groups -OCH3 is 1. The number of Topliss-reactive ketones (excluding diaryl/α,β-unsaturated/α-hetero) is 1. The Kier molecular flexibility index (Phi) is 6.38. The molecule has 0 saturated carbocycles. The average molecular weight is 464 g/mol. The predicted molar refractivity (Wildman–Crippen MR) is 127 cm³/mol. The molecule has 1 fully saturated rings. The van der Waals surface area contributed by atoms with E-state index in [0.29, 0.717) is 39.9 Å². The Morgan fingerprint density at radius 3 is 2.39 bits per heavy atom. The van der Waals surface area contributed by atoms with Crippen molar-refractivity contribution in [3.63, 3.8) is 0 Å². The van der Waals surface area contributed by atoms with Crippen LogP contribution in [0.1, 0.15) is 24.1 Å². The Morgan fingerprint density at radius 1 is 1.00 bits per heavy atom. The van der Waals surface area contributed by atoms with Crippen LogP contribution < -0.4 is 14.4 Å². The summed E-state index contributed by atoms with van der Waals surface area (Å²) in [7, 11) is 1.54. The fraction of sp³-hybridized carbons (Fsp3) is 0.154. The number of carbonyl (C=O) groups excluding carboxylic acids is 2. The van der Waals surface area contributed by atoms with E-state index in [1.807, 2.05) is 6.92 Å². The van der Waals surface area contributed by atoms with E-state index < -0.39 is 17.7 Å². The summed E-state index contributed by atoms with van der Waals surface area (Å²) in [6.45, 7) is 2.33. The van der Waals surface area contributed by atoms with Crippen molar-refractivity contribution in [3.8, 4) is 11.5 Å². The highest BCUT2D eigenvalue weighted by Crippen LogP contribution is 2.43. The predicted octanol–water partition coefficient (Wildman–Crippen LogP) is 5.37. The largest absolute Gasteiger partial charge is 0.507 e. The Hall–Kier alpha value is -3.77. The highest BCUT2D eigenvalue weighted by Gasteiger charge is 2.47. The van der Waals surface area contributed by atoms with Gasteiger partial charge >= 0.3 is 0 Å². The number of ketones is 1. The topological polar surface area (TPSA) is 76.1 Å². The first-order valence-corrected chi connectivity index (χ1v) is 10.8. The van der Waals surface area contributed by atoms with E-state index in [-0.39, 0.29) is 11.3 Å². The number of carbonyl (C=O) groups is 2. The van der Waals surface area contributed by atoms with Gasteiger partial charge in [0, 0.05) is 16.3 Å². The minimum absolute atomic E-state index is 0.0150. The zero-order valence-electron chi connectivity index (χ0n) is 18.1. The van der Waals surface area contributed by atoms with E-state index in [2.05, 4.69) is 0 Å². The standard InChI is InChI=1S/C26H22ClNO5/c1-3-33-21-9-4-6-17(14-21)23-22(24(29)16-10-12-20(32-2)13-11-16)25(30)26(31)28(23)19-8-5-7-18(27)15-19/h4-15,23,29H,3H2,1-2H3/b24-22+. The number of ether oxygens (including phenoxy) is 2. The van der Waals surface area contributed by atoms with Crippen LogP contribution in [0.2, 0.25) is 5.02 Å². The molecule has 0 spiro atoms. The number of benzene rings is 3. The third kappa shape index (κ3) is 4.30. The fourth-order valence-electron chi connectivity index (χ4n) is 3.89. The lowest BCUT2D eigenvalue weighted by Crippen LogP contribution is -2.29. The zero-order valence-corrected chi connectivity index (χ0v) is 18.9. The third-order valence-electron chi connectivity index (χ3n) is 5.38. The minimum atomic E-state index is -0.869. The summed E-state index contributed by atoms with van der Waals surface area (Å²) in [6, 6.07) is 19.6. The number of amides is 1. The quantitative estimate of drug-likeness (QED) is 0.302. The van der Waals surface area contributed by atoms with Crippen molar-refractivity contribution in [2.45, 2.75) is 13.0 Å². The number of hydrogen-bond donors (Lipinski definition) is 1. The minimum Gasteiger partial charge on any atom is -0.507 e. The Morgan fingerprint density at radius 2 is 1.73 bits per heavy atom. The molecule has 1 unspecified atom stereocenters. The average Bonchev–Trinajstić information content (AvgIpc) is 3.09. The van der Waals surface area contributed by atoms with Gasteiger partial charge in [-0.05, 0) is 67.1 Å². The number of aliphatic hydroxyl groups excluding tert-OH is 1. The van der Waals surface area contributed by atoms with Crippen molar-refractivity contribution in [2.24, 2.45) is 0 Å². The van der Waals surface area contributed by atoms with Crippen LogP contribution in [-0.2, 0) is 9.59 Å². The van der Waals surface area contributed by atoms with Gasteiger partial charge in [-0.15, -0.1) is 0 Å². The Labute approximate surface area is 196 Å². The van der Waals surface area contributed by atoms with Crippen LogP contribution in [0.15, 0.2) is 78.4 Å². The lowest BCUT2D eigenvalue weighted by molar-refractivity contribution is -0.132. The van der Waals surface area contributed by atoms with Gasteiger partial charge in [0.15, 0.2) is 0 Å². The number of anilines is 1. The SMILES string of the molecule is CCOc1cccc(C2/C(=C(\O)c3ccc(OC)cc3)C(=O)C(=O)N2c2cccc(Cl)c2)c1. The molecule has 3 aromatic carbocycles. The molecule has 7 heteroatoms. The van der Waals surface area contributed by atoms with Gasteiger partial charge in [0.2, 0.25) is 0 Å². The van der Waals surface area contributed by atoms with Crippen LogP contribution in [0.25, 0.3) is 5.76 Å². The van der Waals surface area contributed by atoms with E-state index in [0.717, 1.165) is 0 Å². The molecule has 3 aromatic rings. The first kappa shape index (κ1) is 22.4. The molecule has 0 aliphatic carbocycles. The monoisotopic (exact) mass is 463 g/mol. The van der Waals surface area contributed by atoms with Gasteiger partial charge in [-0.2, -0.15) is 0 Å². The van der Waals surface area contributed by atoms with Gasteiger partial charge < -0.3 is 14.6 Å². The zero-order chi connectivity index (χ0) is 23.5. The van der Waals surface area contributed by atoms with Crippen LogP contribution in [-0.4, -0.2) is 30.5 Å². The molecule has 6 nitrogen and oxygen atoms in total. The number of rotatable bonds is 6. The summed E-state index contributed by atoms with van der Waals surface area (Å²) in [6.07, 6.45) is 0. The molecular weight excluding hydrogens is 442 g/mol. The summed E-state index contributed by atoms with van der Waals surface area (Å²) in [5, 5.41) is 11.6. The summed E-state index contributed by atoms with van der Waals surface area (Å²) in [5.41, 5.74) is 1.45. The maximum absolute atomic E-state index is 13.2. The highest BCUT2D eigenvalue weighted by molar-refractivity contribution is 6.51. The van der Waals surface area contributed by atoms with Crippen molar-refractivity contribution in [1.82, 2.24) is 0 Å². The molecule has 1 N–H and O–H groups in total. The third-order valence-corrected chi connectivity index (χ3v) is 5.61. The molecule has 33 heavy (non-hydrogen) atoms. The molecular formula is C26H22ClNO5. The van der Waals surface area contributed by atoms with Crippen LogP contribution in [0.5, 0.6) is 11.5 Å². The fourth-order valence-corrected chi connectivity index (χ4v) is 4.07. The van der Waals surface area contributed by atoms with Gasteiger partial charge in [0.05, 0.1) is 25.3 Å². The summed E-state index contributed by atoms with van der Waals surface area (Å²) < 4.78 is 10.8. The second-order valence-electron chi connectivity index (χ2n) is 7.38. The molecule has 1 aliphatic rings. The maximum atomic E-state index is 13.2. The van der Waals surface area contributed by atoms with Gasteiger partial charge in [-0.1, -0.05) is 29.8 Å². The van der Waals surface area contributed by atoms with E-state index >= 15 is 0 Å². The molecule has 168 valence electrons. The molecule has 0 bridgehead atoms. The molecule has 1 aliphatic heterocycles. The van der Waals surface area contributed by atoms with E-state index in [1.54, 1.807) is 72.8 Å². The molecule has 1 heterocycles. The first-order valence-electron chi connectivity index (χ1n) is 10.4. The number of halogens is 1. The van der Waals surface area contributed by atoms with Gasteiger partial charge in [-0.25, -0.2) is 0 Å².